The minimum Gasteiger partial charge on any atom is -0.475 e. The number of aromatic nitrogens is 3. The molecule has 0 spiro atoms. The molecule has 3 aromatic rings. The first-order chi connectivity index (χ1) is 14.1. The first kappa shape index (κ1) is 19.8. The summed E-state index contributed by atoms with van der Waals surface area (Å²) < 4.78 is 10.5. The minimum atomic E-state index is -0.731. The zero-order valence-corrected chi connectivity index (χ0v) is 17.3. The van der Waals surface area contributed by atoms with Crippen molar-refractivity contribution in [3.63, 3.8) is 0 Å². The van der Waals surface area contributed by atoms with Gasteiger partial charge in [-0.15, -0.1) is 11.3 Å². The van der Waals surface area contributed by atoms with E-state index in [1.165, 1.54) is 0 Å². The van der Waals surface area contributed by atoms with Crippen LogP contribution in [0, 0.1) is 6.92 Å². The van der Waals surface area contributed by atoms with Gasteiger partial charge >= 0.3 is 0 Å². The first-order valence-corrected chi connectivity index (χ1v) is 10.4. The predicted molar refractivity (Wildman–Crippen MR) is 113 cm³/mol. The normalized spacial score (nSPS) is 15.0. The Labute approximate surface area is 173 Å². The Kier molecular flexibility index (Phi) is 5.75. The molecule has 4 rings (SSSR count). The number of nitrogens with one attached hydrogen (secondary N) is 1. The molecule has 0 bridgehead atoms. The number of aliphatic hydroxyl groups is 1. The molecule has 0 radical (unpaired) electrons. The van der Waals surface area contributed by atoms with Crippen LogP contribution in [0.15, 0.2) is 36.7 Å². The van der Waals surface area contributed by atoms with Crippen molar-refractivity contribution >= 4 is 23.0 Å². The van der Waals surface area contributed by atoms with Gasteiger partial charge in [0.15, 0.2) is 0 Å². The number of rotatable bonds is 8. The van der Waals surface area contributed by atoms with Crippen LogP contribution >= 0.6 is 11.3 Å². The van der Waals surface area contributed by atoms with Crippen LogP contribution in [0.1, 0.15) is 29.8 Å². The lowest BCUT2D eigenvalue weighted by Gasteiger charge is -2.34. The largest absolute Gasteiger partial charge is 0.475 e. The second-order valence-corrected chi connectivity index (χ2v) is 8.22. The highest BCUT2D eigenvalue weighted by Gasteiger charge is 2.39. The lowest BCUT2D eigenvalue weighted by atomic mass is 9.81. The molecule has 1 aliphatic rings. The summed E-state index contributed by atoms with van der Waals surface area (Å²) in [5.74, 6) is 0.957. The monoisotopic (exact) mass is 412 g/mol. The van der Waals surface area contributed by atoms with Crippen LogP contribution in [0.25, 0.3) is 10.4 Å². The summed E-state index contributed by atoms with van der Waals surface area (Å²) in [6.07, 6.45) is 6.14. The third-order valence-electron chi connectivity index (χ3n) is 4.87. The van der Waals surface area contributed by atoms with Gasteiger partial charge in [0.1, 0.15) is 17.2 Å². The van der Waals surface area contributed by atoms with Crippen molar-refractivity contribution in [1.82, 2.24) is 15.0 Å². The smallest absolute Gasteiger partial charge is 0.230 e. The third-order valence-corrected chi connectivity index (χ3v) is 6.11. The topological polar surface area (TPSA) is 89.4 Å². The van der Waals surface area contributed by atoms with Gasteiger partial charge in [0, 0.05) is 31.3 Å². The van der Waals surface area contributed by atoms with E-state index in [9.17, 15) is 5.11 Å². The van der Waals surface area contributed by atoms with Gasteiger partial charge in [-0.05, 0) is 49.4 Å². The van der Waals surface area contributed by atoms with Crippen molar-refractivity contribution in [2.75, 3.05) is 25.6 Å². The molecular weight excluding hydrogens is 388 g/mol. The summed E-state index contributed by atoms with van der Waals surface area (Å²) in [4.78, 5) is 14.2. The highest BCUT2D eigenvalue weighted by Crippen LogP contribution is 2.44. The van der Waals surface area contributed by atoms with E-state index in [2.05, 4.69) is 26.3 Å². The zero-order chi connectivity index (χ0) is 20.3. The predicted octanol–water partition coefficient (Wildman–Crippen LogP) is 4.05. The first-order valence-electron chi connectivity index (χ1n) is 9.58. The van der Waals surface area contributed by atoms with E-state index >= 15 is 0 Å². The van der Waals surface area contributed by atoms with Gasteiger partial charge in [0.2, 0.25) is 11.8 Å². The molecule has 0 saturated heterocycles. The van der Waals surface area contributed by atoms with E-state index < -0.39 is 5.60 Å². The number of hydrogen-bond donors (Lipinski definition) is 2. The second kappa shape index (κ2) is 8.44. The summed E-state index contributed by atoms with van der Waals surface area (Å²) in [7, 11) is 1.63. The van der Waals surface area contributed by atoms with E-state index in [0.29, 0.717) is 25.0 Å². The molecular formula is C21H24N4O3S. The van der Waals surface area contributed by atoms with Gasteiger partial charge in [0.25, 0.3) is 0 Å². The maximum atomic E-state index is 10.5. The summed E-state index contributed by atoms with van der Waals surface area (Å²) >= 11 is 1.55. The summed E-state index contributed by atoms with van der Waals surface area (Å²) in [5, 5.41) is 14.6. The summed E-state index contributed by atoms with van der Waals surface area (Å²) in [6, 6.07) is 7.90. The lowest BCUT2D eigenvalue weighted by Crippen LogP contribution is -2.33. The average molecular weight is 413 g/mol. The molecule has 2 N–H and O–H groups in total. The standard InChI is InChI=1S/C21H24N4O3S/c1-14-10-15(17-13-23-19(29-17)21(26)5-3-6-21)12-16(11-14)24-20-22-7-4-18(25-20)28-9-8-27-2/h4,7,10-13,26H,3,5-6,8-9H2,1-2H3,(H,22,24,25). The maximum Gasteiger partial charge on any atom is 0.230 e. The number of thiazole rings is 1. The number of anilines is 2. The Balaban J connectivity index is 1.52. The number of nitrogens with zero attached hydrogens (tertiary/aromatic N) is 3. The van der Waals surface area contributed by atoms with Crippen molar-refractivity contribution in [2.24, 2.45) is 0 Å². The van der Waals surface area contributed by atoms with Crippen LogP contribution in [0.2, 0.25) is 0 Å². The van der Waals surface area contributed by atoms with Crippen LogP contribution in [-0.2, 0) is 10.3 Å². The molecule has 29 heavy (non-hydrogen) atoms. The molecule has 8 heteroatoms. The molecule has 1 aromatic carbocycles. The fourth-order valence-corrected chi connectivity index (χ4v) is 4.24. The lowest BCUT2D eigenvalue weighted by molar-refractivity contribution is -0.0389. The second-order valence-electron chi connectivity index (χ2n) is 7.19. The molecule has 0 atom stereocenters. The SMILES string of the molecule is COCCOc1ccnc(Nc2cc(C)cc(-c3cnc(C4(O)CCC4)s3)c2)n1. The van der Waals surface area contributed by atoms with Crippen molar-refractivity contribution in [1.29, 1.82) is 0 Å². The molecule has 2 aromatic heterocycles. The molecule has 1 saturated carbocycles. The van der Waals surface area contributed by atoms with Gasteiger partial charge in [0.05, 0.1) is 11.5 Å². The van der Waals surface area contributed by atoms with Gasteiger partial charge in [-0.2, -0.15) is 4.98 Å². The van der Waals surface area contributed by atoms with Gasteiger partial charge < -0.3 is 19.9 Å². The van der Waals surface area contributed by atoms with E-state index in [1.54, 1.807) is 30.7 Å². The molecule has 0 amide bonds. The molecule has 0 unspecified atom stereocenters. The minimum absolute atomic E-state index is 0.432. The van der Waals surface area contributed by atoms with Gasteiger partial charge in [-0.1, -0.05) is 6.07 Å². The third kappa shape index (κ3) is 4.55. The molecule has 1 fully saturated rings. The fraction of sp³-hybridized carbons (Fsp3) is 0.381. The number of methoxy groups -OCH3 is 1. The number of aryl methyl sites for hydroxylation is 1. The van der Waals surface area contributed by atoms with Crippen LogP contribution in [0.4, 0.5) is 11.6 Å². The summed E-state index contributed by atoms with van der Waals surface area (Å²) in [5.41, 5.74) is 2.30. The number of hydrogen-bond acceptors (Lipinski definition) is 8. The number of ether oxygens (including phenoxy) is 2. The van der Waals surface area contributed by atoms with Crippen molar-refractivity contribution in [3.05, 3.63) is 47.2 Å². The van der Waals surface area contributed by atoms with E-state index in [1.807, 2.05) is 25.3 Å². The molecule has 1 aliphatic carbocycles. The van der Waals surface area contributed by atoms with E-state index in [0.717, 1.165) is 46.0 Å². The van der Waals surface area contributed by atoms with Crippen molar-refractivity contribution in [3.8, 4) is 16.3 Å². The Bertz CT molecular complexity index is 988. The van der Waals surface area contributed by atoms with Crippen molar-refractivity contribution < 1.29 is 14.6 Å². The molecule has 0 aliphatic heterocycles. The fourth-order valence-electron chi connectivity index (χ4n) is 3.19. The van der Waals surface area contributed by atoms with Gasteiger partial charge in [-0.3, -0.25) is 0 Å². The van der Waals surface area contributed by atoms with Crippen LogP contribution in [0.5, 0.6) is 5.88 Å². The van der Waals surface area contributed by atoms with Gasteiger partial charge in [-0.25, -0.2) is 9.97 Å². The van der Waals surface area contributed by atoms with Crippen LogP contribution in [-0.4, -0.2) is 40.4 Å². The summed E-state index contributed by atoms with van der Waals surface area (Å²) in [6.45, 7) is 2.98. The average Bonchev–Trinajstić information content (AvgIpc) is 3.17. The maximum absolute atomic E-state index is 10.5. The Morgan fingerprint density at radius 3 is 2.83 bits per heavy atom. The zero-order valence-electron chi connectivity index (χ0n) is 16.5. The Hall–Kier alpha value is -2.55. The molecule has 152 valence electrons. The highest BCUT2D eigenvalue weighted by molar-refractivity contribution is 7.15. The highest BCUT2D eigenvalue weighted by atomic mass is 32.1. The van der Waals surface area contributed by atoms with Crippen molar-refractivity contribution in [2.45, 2.75) is 31.8 Å². The Morgan fingerprint density at radius 1 is 1.21 bits per heavy atom. The van der Waals surface area contributed by atoms with E-state index in [-0.39, 0.29) is 0 Å². The Morgan fingerprint density at radius 2 is 2.07 bits per heavy atom. The molecule has 2 heterocycles. The van der Waals surface area contributed by atoms with Crippen LogP contribution < -0.4 is 10.1 Å². The van der Waals surface area contributed by atoms with E-state index in [4.69, 9.17) is 9.47 Å². The number of benzene rings is 1. The van der Waals surface area contributed by atoms with Crippen LogP contribution in [0.3, 0.4) is 0 Å². The molecule has 7 nitrogen and oxygen atoms in total. The quantitative estimate of drug-likeness (QED) is 0.540.